The number of ketones is 1. The van der Waals surface area contributed by atoms with Crippen LogP contribution in [0.15, 0.2) is 18.2 Å². The third-order valence-corrected chi connectivity index (χ3v) is 3.83. The summed E-state index contributed by atoms with van der Waals surface area (Å²) in [5.74, 6) is -2.03. The molecule has 1 aromatic heterocycles. The fourth-order valence-electron chi connectivity index (χ4n) is 2.52. The Morgan fingerprint density at radius 2 is 1.93 bits per heavy atom. The zero-order valence-electron chi connectivity index (χ0n) is 15.2. The van der Waals surface area contributed by atoms with Gasteiger partial charge in [-0.15, -0.1) is 0 Å². The van der Waals surface area contributed by atoms with Crippen molar-refractivity contribution in [2.24, 2.45) is 0 Å². The Kier molecular flexibility index (Phi) is 6.79. The van der Waals surface area contributed by atoms with E-state index in [1.165, 1.54) is 6.08 Å². The molecule has 0 spiro atoms. The Morgan fingerprint density at radius 1 is 1.29 bits per heavy atom. The molecule has 0 N–H and O–H groups in total. The summed E-state index contributed by atoms with van der Waals surface area (Å²) in [5.41, 5.74) is 1.14. The number of alkyl halides is 1. The molecule has 0 amide bonds. The van der Waals surface area contributed by atoms with E-state index in [9.17, 15) is 14.0 Å². The van der Waals surface area contributed by atoms with Crippen molar-refractivity contribution in [1.29, 1.82) is 5.26 Å². The lowest BCUT2D eigenvalue weighted by molar-refractivity contribution is 0.0588. The van der Waals surface area contributed by atoms with E-state index >= 15 is 0 Å². The molecule has 2 rings (SSSR count). The lowest BCUT2D eigenvalue weighted by Crippen LogP contribution is -2.17. The summed E-state index contributed by atoms with van der Waals surface area (Å²) in [6.45, 7) is 2.10. The second kappa shape index (κ2) is 9.06. The quantitative estimate of drug-likeness (QED) is 0.310. The largest absolute Gasteiger partial charge is 0.464 e. The molecule has 0 unspecified atom stereocenters. The van der Waals surface area contributed by atoms with Crippen LogP contribution in [0.4, 0.5) is 4.39 Å². The van der Waals surface area contributed by atoms with Gasteiger partial charge in [-0.2, -0.15) is 10.2 Å². The zero-order valence-corrected chi connectivity index (χ0v) is 16.0. The van der Waals surface area contributed by atoms with Gasteiger partial charge in [-0.25, -0.2) is 14.2 Å². The van der Waals surface area contributed by atoms with Crippen LogP contribution in [-0.4, -0.2) is 35.5 Å². The molecule has 0 atom stereocenters. The first-order valence-corrected chi connectivity index (χ1v) is 8.30. The van der Waals surface area contributed by atoms with Crippen LogP contribution in [0.2, 0.25) is 5.28 Å². The maximum Gasteiger partial charge on any atom is 0.357 e. The summed E-state index contributed by atoms with van der Waals surface area (Å²) < 4.78 is 23.4. The highest BCUT2D eigenvalue weighted by atomic mass is 35.5. The predicted octanol–water partition coefficient (Wildman–Crippen LogP) is 4.01. The molecule has 0 aliphatic rings. The van der Waals surface area contributed by atoms with Crippen molar-refractivity contribution in [2.75, 3.05) is 13.8 Å². The van der Waals surface area contributed by atoms with Crippen LogP contribution in [-0.2, 0) is 4.74 Å². The van der Waals surface area contributed by atoms with Crippen LogP contribution in [0.1, 0.15) is 37.5 Å². The van der Waals surface area contributed by atoms with E-state index < -0.39 is 29.7 Å². The normalized spacial score (nSPS) is 10.6. The van der Waals surface area contributed by atoms with Crippen LogP contribution in [0.5, 0.6) is 11.6 Å². The van der Waals surface area contributed by atoms with Crippen LogP contribution in [0.3, 0.4) is 0 Å². The van der Waals surface area contributed by atoms with Crippen molar-refractivity contribution in [3.05, 3.63) is 51.4 Å². The molecular formula is C19H15ClFN3O4. The highest BCUT2D eigenvalue weighted by Crippen LogP contribution is 2.33. The number of methoxy groups -OCH3 is 1. The fraction of sp³-hybridized carbons (Fsp3) is 0.211. The molecule has 0 bridgehead atoms. The van der Waals surface area contributed by atoms with Gasteiger partial charge in [0.15, 0.2) is 12.4 Å². The molecule has 1 heterocycles. The molecule has 144 valence electrons. The number of rotatable bonds is 6. The first kappa shape index (κ1) is 21.0. The van der Waals surface area contributed by atoms with E-state index in [4.69, 9.17) is 21.6 Å². The molecule has 2 aromatic rings. The maximum absolute atomic E-state index is 13.1. The Bertz CT molecular complexity index is 992. The molecule has 0 aliphatic heterocycles. The molecule has 0 fully saturated rings. The third-order valence-electron chi connectivity index (χ3n) is 3.66. The van der Waals surface area contributed by atoms with Gasteiger partial charge in [-0.05, 0) is 60.3 Å². The van der Waals surface area contributed by atoms with Crippen LogP contribution in [0.25, 0.3) is 6.08 Å². The predicted molar refractivity (Wildman–Crippen MR) is 99.3 cm³/mol. The number of benzene rings is 1. The number of esters is 1. The number of allylic oxidation sites excluding steroid dienone is 1. The molecule has 0 saturated heterocycles. The van der Waals surface area contributed by atoms with Gasteiger partial charge in [-0.1, -0.05) is 0 Å². The summed E-state index contributed by atoms with van der Waals surface area (Å²) in [4.78, 5) is 31.6. The first-order valence-electron chi connectivity index (χ1n) is 7.92. The number of nitrogens with zero attached hydrogens (tertiary/aromatic N) is 3. The van der Waals surface area contributed by atoms with Gasteiger partial charge in [0.2, 0.25) is 16.9 Å². The van der Waals surface area contributed by atoms with Gasteiger partial charge in [0.1, 0.15) is 11.3 Å². The fourth-order valence-corrected chi connectivity index (χ4v) is 2.68. The SMILES string of the molecule is COC(=O)c1nc(Cl)nc(Oc2c(C)cc(/C=C/C#N)cc2C)c1C(=O)CF. The van der Waals surface area contributed by atoms with Crippen LogP contribution < -0.4 is 4.74 Å². The van der Waals surface area contributed by atoms with Crippen molar-refractivity contribution >= 4 is 29.4 Å². The van der Waals surface area contributed by atoms with Gasteiger partial charge in [0, 0.05) is 6.08 Å². The van der Waals surface area contributed by atoms with Gasteiger partial charge >= 0.3 is 5.97 Å². The number of carbonyl (C=O) groups is 2. The number of aryl methyl sites for hydroxylation is 2. The Balaban J connectivity index is 2.62. The summed E-state index contributed by atoms with van der Waals surface area (Å²) >= 11 is 5.84. The van der Waals surface area contributed by atoms with E-state index in [0.29, 0.717) is 16.9 Å². The summed E-state index contributed by atoms with van der Waals surface area (Å²) in [7, 11) is 1.09. The smallest absolute Gasteiger partial charge is 0.357 e. The lowest BCUT2D eigenvalue weighted by Gasteiger charge is -2.15. The van der Waals surface area contributed by atoms with Gasteiger partial charge < -0.3 is 9.47 Å². The number of ether oxygens (including phenoxy) is 2. The lowest BCUT2D eigenvalue weighted by atomic mass is 10.1. The van der Waals surface area contributed by atoms with Gasteiger partial charge in [0.25, 0.3) is 0 Å². The van der Waals surface area contributed by atoms with Crippen LogP contribution >= 0.6 is 11.6 Å². The van der Waals surface area contributed by atoms with E-state index in [-0.39, 0.29) is 11.2 Å². The summed E-state index contributed by atoms with van der Waals surface area (Å²) in [5, 5.41) is 8.28. The number of halogens is 2. The van der Waals surface area contributed by atoms with Crippen molar-refractivity contribution in [3.63, 3.8) is 0 Å². The number of carbonyl (C=O) groups excluding carboxylic acids is 2. The number of Topliss-reactive ketones (excluding diaryl/α,β-unsaturated/α-hetero) is 1. The standard InChI is InChI=1S/C19H15ClFN3O4/c1-10-7-12(5-4-6-22)8-11(2)16(10)28-17-14(13(25)9-21)15(18(26)27-3)23-19(20)24-17/h4-5,7-8H,9H2,1-3H3/b5-4+. The van der Waals surface area contributed by atoms with E-state index in [2.05, 4.69) is 14.7 Å². The summed E-state index contributed by atoms with van der Waals surface area (Å²) in [6, 6.07) is 5.40. The topological polar surface area (TPSA) is 102 Å². The molecule has 0 radical (unpaired) electrons. The Hall–Kier alpha value is -3.31. The van der Waals surface area contributed by atoms with E-state index in [0.717, 1.165) is 12.7 Å². The maximum atomic E-state index is 13.1. The number of hydrogen-bond acceptors (Lipinski definition) is 7. The van der Waals surface area contributed by atoms with Crippen molar-refractivity contribution in [1.82, 2.24) is 9.97 Å². The Labute approximate surface area is 165 Å². The average molecular weight is 404 g/mol. The monoisotopic (exact) mass is 403 g/mol. The second-order valence-electron chi connectivity index (χ2n) is 5.62. The highest BCUT2D eigenvalue weighted by molar-refractivity contribution is 6.28. The summed E-state index contributed by atoms with van der Waals surface area (Å²) in [6.07, 6.45) is 2.96. The molecule has 7 nitrogen and oxygen atoms in total. The minimum absolute atomic E-state index is 0.340. The van der Waals surface area contributed by atoms with E-state index in [1.54, 1.807) is 32.1 Å². The minimum Gasteiger partial charge on any atom is -0.464 e. The molecular weight excluding hydrogens is 389 g/mol. The average Bonchev–Trinajstić information content (AvgIpc) is 2.67. The molecule has 0 saturated carbocycles. The minimum atomic E-state index is -1.39. The highest BCUT2D eigenvalue weighted by Gasteiger charge is 2.27. The van der Waals surface area contributed by atoms with Crippen molar-refractivity contribution in [2.45, 2.75) is 13.8 Å². The molecule has 28 heavy (non-hydrogen) atoms. The number of nitriles is 1. The van der Waals surface area contributed by atoms with E-state index in [1.807, 2.05) is 6.07 Å². The third kappa shape index (κ3) is 4.50. The van der Waals surface area contributed by atoms with Gasteiger partial charge in [-0.3, -0.25) is 4.79 Å². The van der Waals surface area contributed by atoms with Gasteiger partial charge in [0.05, 0.1) is 13.2 Å². The van der Waals surface area contributed by atoms with Crippen molar-refractivity contribution in [3.8, 4) is 17.7 Å². The molecule has 9 heteroatoms. The number of hydrogen-bond donors (Lipinski definition) is 0. The molecule has 0 aliphatic carbocycles. The van der Waals surface area contributed by atoms with Crippen LogP contribution in [0, 0.1) is 25.2 Å². The van der Waals surface area contributed by atoms with Crippen molar-refractivity contribution < 1.29 is 23.5 Å². The first-order chi connectivity index (χ1) is 13.3. The zero-order chi connectivity index (χ0) is 20.8. The molecule has 1 aromatic carbocycles. The Morgan fingerprint density at radius 3 is 2.46 bits per heavy atom. The second-order valence-corrected chi connectivity index (χ2v) is 5.96. The number of aromatic nitrogens is 2.